The van der Waals surface area contributed by atoms with Crippen molar-refractivity contribution in [2.75, 3.05) is 24.7 Å². The fraction of sp³-hybridized carbons (Fsp3) is 0.300. The number of amides is 1. The fourth-order valence-corrected chi connectivity index (χ4v) is 5.10. The van der Waals surface area contributed by atoms with Gasteiger partial charge in [-0.3, -0.25) is 9.59 Å². The molecule has 1 atom stereocenters. The van der Waals surface area contributed by atoms with E-state index >= 15 is 0 Å². The van der Waals surface area contributed by atoms with Crippen LogP contribution in [0.1, 0.15) is 12.8 Å². The summed E-state index contributed by atoms with van der Waals surface area (Å²) >= 11 is 1.51. The molecule has 1 unspecified atom stereocenters. The number of nitrogens with one attached hydrogen (secondary N) is 1. The largest absolute Gasteiger partial charge is 0.454 e. The molecule has 0 aromatic heterocycles. The monoisotopic (exact) mass is 434 g/mol. The smallest absolute Gasteiger partial charge is 0.324 e. The number of para-hydroxylation sites is 1. The fourth-order valence-electron chi connectivity index (χ4n) is 3.07. The average molecular weight is 435 g/mol. The van der Waals surface area contributed by atoms with E-state index in [1.165, 1.54) is 11.8 Å². The summed E-state index contributed by atoms with van der Waals surface area (Å²) in [5, 5.41) is 2.75. The molecule has 1 aliphatic heterocycles. The number of rotatable bonds is 7. The minimum Gasteiger partial charge on any atom is -0.454 e. The van der Waals surface area contributed by atoms with Gasteiger partial charge < -0.3 is 10.1 Å². The molecule has 3 rings (SSSR count). The number of ether oxygens (including phenoxy) is 1. The molecule has 2 aromatic carbocycles. The summed E-state index contributed by atoms with van der Waals surface area (Å²) in [5.74, 6) is -1.18. The lowest BCUT2D eigenvalue weighted by atomic mass is 10.2. The van der Waals surface area contributed by atoms with Crippen molar-refractivity contribution in [3.05, 3.63) is 54.6 Å². The van der Waals surface area contributed by atoms with Gasteiger partial charge in [-0.15, -0.1) is 0 Å². The molecule has 0 spiro atoms. The number of hydrogen-bond acceptors (Lipinski definition) is 6. The first kappa shape index (κ1) is 21.4. The molecule has 1 N–H and O–H groups in total. The van der Waals surface area contributed by atoms with E-state index in [0.717, 1.165) is 20.4 Å². The summed E-state index contributed by atoms with van der Waals surface area (Å²) < 4.78 is 29.7. The third-order valence-electron chi connectivity index (χ3n) is 4.38. The van der Waals surface area contributed by atoms with Gasteiger partial charge in [0.05, 0.1) is 11.9 Å². The predicted octanol–water partition coefficient (Wildman–Crippen LogP) is 2.74. The second kappa shape index (κ2) is 9.43. The van der Waals surface area contributed by atoms with Crippen LogP contribution in [0, 0.1) is 0 Å². The van der Waals surface area contributed by atoms with Crippen molar-refractivity contribution < 1.29 is 22.7 Å². The van der Waals surface area contributed by atoms with Crippen LogP contribution in [0.2, 0.25) is 0 Å². The highest BCUT2D eigenvalue weighted by Crippen LogP contribution is 2.33. The molecule has 1 fully saturated rings. The van der Waals surface area contributed by atoms with Crippen LogP contribution in [0.3, 0.4) is 0 Å². The number of benzene rings is 2. The molecule has 1 heterocycles. The lowest BCUT2D eigenvalue weighted by Gasteiger charge is -2.20. The standard InChI is InChI=1S/C20H22N2O5S2/c1-29(25,26)22-13-7-11-17(22)20(24)27-14-19(23)21-16-10-5-6-12-18(16)28-15-8-3-2-4-9-15/h2-6,8-10,12,17H,7,11,13-14H2,1H3,(H,21,23). The molecule has 7 nitrogen and oxygen atoms in total. The van der Waals surface area contributed by atoms with Crippen LogP contribution in [0.15, 0.2) is 64.4 Å². The Morgan fingerprint density at radius 1 is 1.14 bits per heavy atom. The molecule has 154 valence electrons. The summed E-state index contributed by atoms with van der Waals surface area (Å²) in [5.41, 5.74) is 0.612. The number of carbonyl (C=O) groups excluding carboxylic acids is 2. The maximum atomic E-state index is 12.3. The Bertz CT molecular complexity index is 979. The normalized spacial score (nSPS) is 17.1. The molecule has 29 heavy (non-hydrogen) atoms. The van der Waals surface area contributed by atoms with Crippen LogP contribution in [0.25, 0.3) is 0 Å². The first-order valence-corrected chi connectivity index (χ1v) is 11.8. The van der Waals surface area contributed by atoms with E-state index < -0.39 is 34.5 Å². The zero-order chi connectivity index (χ0) is 20.9. The summed E-state index contributed by atoms with van der Waals surface area (Å²) in [6.07, 6.45) is 2.04. The molecular weight excluding hydrogens is 412 g/mol. The summed E-state index contributed by atoms with van der Waals surface area (Å²) in [4.78, 5) is 26.4. The molecule has 1 amide bonds. The van der Waals surface area contributed by atoms with E-state index in [2.05, 4.69) is 5.32 Å². The van der Waals surface area contributed by atoms with E-state index in [9.17, 15) is 18.0 Å². The first-order chi connectivity index (χ1) is 13.8. The van der Waals surface area contributed by atoms with Crippen LogP contribution in [-0.2, 0) is 24.3 Å². The van der Waals surface area contributed by atoms with Crippen LogP contribution in [0.4, 0.5) is 5.69 Å². The minimum absolute atomic E-state index is 0.287. The molecule has 1 aliphatic rings. The van der Waals surface area contributed by atoms with Crippen molar-refractivity contribution in [3.63, 3.8) is 0 Å². The molecule has 0 aliphatic carbocycles. The van der Waals surface area contributed by atoms with Gasteiger partial charge in [0, 0.05) is 16.3 Å². The molecule has 0 radical (unpaired) electrons. The van der Waals surface area contributed by atoms with E-state index in [1.54, 1.807) is 12.1 Å². The summed E-state index contributed by atoms with van der Waals surface area (Å²) in [6, 6.07) is 16.2. The average Bonchev–Trinajstić information content (AvgIpc) is 3.19. The van der Waals surface area contributed by atoms with Crippen LogP contribution >= 0.6 is 11.8 Å². The Hall–Kier alpha value is -2.36. The summed E-state index contributed by atoms with van der Waals surface area (Å²) in [6.45, 7) is -0.188. The minimum atomic E-state index is -3.49. The maximum Gasteiger partial charge on any atom is 0.324 e. The molecule has 0 bridgehead atoms. The van der Waals surface area contributed by atoms with Gasteiger partial charge in [-0.25, -0.2) is 8.42 Å². The lowest BCUT2D eigenvalue weighted by Crippen LogP contribution is -2.41. The zero-order valence-corrected chi connectivity index (χ0v) is 17.5. The van der Waals surface area contributed by atoms with Gasteiger partial charge in [0.2, 0.25) is 10.0 Å². The third kappa shape index (κ3) is 5.81. The zero-order valence-electron chi connectivity index (χ0n) is 15.9. The number of nitrogens with zero attached hydrogens (tertiary/aromatic N) is 1. The van der Waals surface area contributed by atoms with Gasteiger partial charge in [0.1, 0.15) is 6.04 Å². The first-order valence-electron chi connectivity index (χ1n) is 9.10. The van der Waals surface area contributed by atoms with Crippen molar-refractivity contribution in [1.29, 1.82) is 0 Å². The van der Waals surface area contributed by atoms with E-state index in [-0.39, 0.29) is 6.54 Å². The summed E-state index contributed by atoms with van der Waals surface area (Å²) in [7, 11) is -3.49. The molecular formula is C20H22N2O5S2. The van der Waals surface area contributed by atoms with Crippen LogP contribution in [-0.4, -0.2) is 50.0 Å². The van der Waals surface area contributed by atoms with Gasteiger partial charge >= 0.3 is 5.97 Å². The number of esters is 1. The third-order valence-corrected chi connectivity index (χ3v) is 6.75. The van der Waals surface area contributed by atoms with Crippen LogP contribution < -0.4 is 5.32 Å². The number of anilines is 1. The molecule has 1 saturated heterocycles. The van der Waals surface area contributed by atoms with Gasteiger partial charge in [0.15, 0.2) is 6.61 Å². The SMILES string of the molecule is CS(=O)(=O)N1CCCC1C(=O)OCC(=O)Nc1ccccc1Sc1ccccc1. The molecule has 9 heteroatoms. The Morgan fingerprint density at radius 3 is 2.55 bits per heavy atom. The van der Waals surface area contributed by atoms with Crippen LogP contribution in [0.5, 0.6) is 0 Å². The van der Waals surface area contributed by atoms with Gasteiger partial charge in [0.25, 0.3) is 5.91 Å². The number of carbonyl (C=O) groups is 2. The van der Waals surface area contributed by atoms with Gasteiger partial charge in [-0.1, -0.05) is 42.1 Å². The Labute approximate surface area is 174 Å². The number of hydrogen-bond donors (Lipinski definition) is 1. The highest BCUT2D eigenvalue weighted by Gasteiger charge is 2.37. The second-order valence-corrected chi connectivity index (χ2v) is 9.65. The van der Waals surface area contributed by atoms with Crippen molar-refractivity contribution in [3.8, 4) is 0 Å². The predicted molar refractivity (Wildman–Crippen MR) is 111 cm³/mol. The quantitative estimate of drug-likeness (QED) is 0.674. The van der Waals surface area contributed by atoms with Crippen molar-refractivity contribution in [2.24, 2.45) is 0 Å². The Morgan fingerprint density at radius 2 is 1.83 bits per heavy atom. The maximum absolute atomic E-state index is 12.3. The Kier molecular flexibility index (Phi) is 6.94. The highest BCUT2D eigenvalue weighted by molar-refractivity contribution is 7.99. The molecule has 2 aromatic rings. The topological polar surface area (TPSA) is 92.8 Å². The van der Waals surface area contributed by atoms with E-state index in [1.807, 2.05) is 42.5 Å². The van der Waals surface area contributed by atoms with E-state index in [0.29, 0.717) is 18.5 Å². The highest BCUT2D eigenvalue weighted by atomic mass is 32.2. The second-order valence-electron chi connectivity index (χ2n) is 6.60. The van der Waals surface area contributed by atoms with Gasteiger partial charge in [-0.2, -0.15) is 4.31 Å². The Balaban J connectivity index is 1.58. The van der Waals surface area contributed by atoms with Crippen molar-refractivity contribution >= 4 is 39.3 Å². The van der Waals surface area contributed by atoms with Crippen molar-refractivity contribution in [1.82, 2.24) is 4.31 Å². The number of sulfonamides is 1. The lowest BCUT2D eigenvalue weighted by molar-refractivity contribution is -0.150. The van der Waals surface area contributed by atoms with Gasteiger partial charge in [-0.05, 0) is 37.1 Å². The molecule has 0 saturated carbocycles. The van der Waals surface area contributed by atoms with E-state index in [4.69, 9.17) is 4.74 Å². The van der Waals surface area contributed by atoms with Crippen molar-refractivity contribution in [2.45, 2.75) is 28.7 Å².